The monoisotopic (exact) mass is 579 g/mol. The molecule has 0 aliphatic carbocycles. The van der Waals surface area contributed by atoms with E-state index in [4.69, 9.17) is 9.47 Å². The maximum Gasteiger partial charge on any atom is 0.307 e. The first kappa shape index (κ1) is 26.5. The van der Waals surface area contributed by atoms with Crippen molar-refractivity contribution in [2.45, 2.75) is 23.7 Å². The van der Waals surface area contributed by atoms with Crippen LogP contribution in [0.3, 0.4) is 0 Å². The van der Waals surface area contributed by atoms with Crippen LogP contribution in [0.15, 0.2) is 71.9 Å². The third-order valence-electron chi connectivity index (χ3n) is 7.17. The van der Waals surface area contributed by atoms with E-state index in [-0.39, 0.29) is 34.7 Å². The summed E-state index contributed by atoms with van der Waals surface area (Å²) in [5.41, 5.74) is 1.41. The Balaban J connectivity index is 1.37. The lowest BCUT2D eigenvalue weighted by molar-refractivity contribution is -0.136. The molecule has 0 fully saturated rings. The van der Waals surface area contributed by atoms with Crippen molar-refractivity contribution in [1.82, 2.24) is 14.8 Å². The molecule has 5 aromatic rings. The molecule has 2 N–H and O–H groups in total. The van der Waals surface area contributed by atoms with Gasteiger partial charge < -0.3 is 19.6 Å². The van der Waals surface area contributed by atoms with E-state index in [2.05, 4.69) is 10.1 Å². The SMILES string of the molecule is CC1(c2ccn(-c3cc(Oc4c(F)cc5[nH]ccc5c4S(C)(=O)=O)ccc3F)n2)COc2c(CC(=O)O)cccc21. The summed E-state index contributed by atoms with van der Waals surface area (Å²) in [5.74, 6) is -2.53. The Labute approximate surface area is 232 Å². The number of aromatic amines is 1. The van der Waals surface area contributed by atoms with Crippen molar-refractivity contribution in [3.8, 4) is 22.9 Å². The first-order chi connectivity index (χ1) is 19.5. The minimum Gasteiger partial charge on any atom is -0.492 e. The van der Waals surface area contributed by atoms with E-state index in [1.165, 1.54) is 29.1 Å². The van der Waals surface area contributed by atoms with Crippen molar-refractivity contribution in [2.24, 2.45) is 0 Å². The Morgan fingerprint density at radius 3 is 2.73 bits per heavy atom. The Morgan fingerprint density at radius 1 is 1.17 bits per heavy atom. The minimum absolute atomic E-state index is 0.00351. The second kappa shape index (κ2) is 9.44. The molecule has 12 heteroatoms. The fourth-order valence-electron chi connectivity index (χ4n) is 5.19. The number of H-pyrrole nitrogens is 1. The van der Waals surface area contributed by atoms with Gasteiger partial charge in [-0.05, 0) is 31.2 Å². The number of halogens is 2. The fourth-order valence-corrected chi connectivity index (χ4v) is 6.24. The zero-order valence-electron chi connectivity index (χ0n) is 21.8. The molecule has 0 saturated heterocycles. The minimum atomic E-state index is -3.91. The average Bonchev–Trinajstić information content (AvgIpc) is 3.65. The summed E-state index contributed by atoms with van der Waals surface area (Å²) in [6.07, 6.45) is 3.81. The summed E-state index contributed by atoms with van der Waals surface area (Å²) in [6, 6.07) is 13.3. The zero-order chi connectivity index (χ0) is 29.1. The first-order valence-electron chi connectivity index (χ1n) is 12.5. The molecular formula is C29H23F2N3O6S. The third kappa shape index (κ3) is 4.49. The van der Waals surface area contributed by atoms with E-state index >= 15 is 8.78 Å². The van der Waals surface area contributed by atoms with E-state index in [1.807, 2.05) is 13.0 Å². The number of nitrogens with zero attached hydrogens (tertiary/aromatic N) is 2. The Hall–Kier alpha value is -4.71. The second-order valence-electron chi connectivity index (χ2n) is 10.1. The molecule has 1 aliphatic rings. The summed E-state index contributed by atoms with van der Waals surface area (Å²) in [6.45, 7) is 2.11. The van der Waals surface area contributed by atoms with Gasteiger partial charge in [-0.25, -0.2) is 21.9 Å². The lowest BCUT2D eigenvalue weighted by atomic mass is 9.81. The van der Waals surface area contributed by atoms with Gasteiger partial charge in [0.05, 0.1) is 17.5 Å². The molecule has 1 aliphatic heterocycles. The highest BCUT2D eigenvalue weighted by Gasteiger charge is 2.41. The Kier molecular flexibility index (Phi) is 6.11. The number of hydrogen-bond acceptors (Lipinski definition) is 6. The number of nitrogens with one attached hydrogen (secondary N) is 1. The largest absolute Gasteiger partial charge is 0.492 e. The lowest BCUT2D eigenvalue weighted by Crippen LogP contribution is -2.26. The van der Waals surface area contributed by atoms with Gasteiger partial charge in [-0.3, -0.25) is 4.79 Å². The van der Waals surface area contributed by atoms with Crippen molar-refractivity contribution < 1.29 is 36.6 Å². The molecule has 41 heavy (non-hydrogen) atoms. The van der Waals surface area contributed by atoms with Gasteiger partial charge in [-0.2, -0.15) is 5.10 Å². The number of para-hydroxylation sites is 1. The van der Waals surface area contributed by atoms with Crippen LogP contribution in [0.1, 0.15) is 23.7 Å². The predicted molar refractivity (Wildman–Crippen MR) is 145 cm³/mol. The van der Waals surface area contributed by atoms with E-state index < -0.39 is 38.6 Å². The van der Waals surface area contributed by atoms with Crippen LogP contribution in [0.2, 0.25) is 0 Å². The van der Waals surface area contributed by atoms with Crippen molar-refractivity contribution in [1.29, 1.82) is 0 Å². The van der Waals surface area contributed by atoms with E-state index in [0.29, 0.717) is 22.5 Å². The smallest absolute Gasteiger partial charge is 0.307 e. The van der Waals surface area contributed by atoms with Crippen LogP contribution in [0.25, 0.3) is 16.6 Å². The molecule has 0 saturated carbocycles. The van der Waals surface area contributed by atoms with Crippen LogP contribution in [-0.4, -0.2) is 47.1 Å². The van der Waals surface area contributed by atoms with Gasteiger partial charge >= 0.3 is 5.97 Å². The molecule has 0 spiro atoms. The maximum atomic E-state index is 15.1. The van der Waals surface area contributed by atoms with Crippen molar-refractivity contribution >= 4 is 26.7 Å². The number of fused-ring (bicyclic) bond motifs is 2. The summed E-state index contributed by atoms with van der Waals surface area (Å²) in [5, 5.41) is 14.1. The van der Waals surface area contributed by atoms with Gasteiger partial charge in [0.2, 0.25) is 0 Å². The van der Waals surface area contributed by atoms with Gasteiger partial charge in [0.15, 0.2) is 21.4 Å². The highest BCUT2D eigenvalue weighted by Crippen LogP contribution is 2.45. The number of benzene rings is 3. The van der Waals surface area contributed by atoms with Gasteiger partial charge in [0.1, 0.15) is 34.5 Å². The predicted octanol–water partition coefficient (Wildman–Crippen LogP) is 5.15. The second-order valence-corrected chi connectivity index (χ2v) is 12.0. The summed E-state index contributed by atoms with van der Waals surface area (Å²) >= 11 is 0. The summed E-state index contributed by atoms with van der Waals surface area (Å²) < 4.78 is 68.2. The standard InChI is InChI=1S/C29H23F2N3O6S/c1-29(15-39-26-16(12-25(35)36)4-3-5-19(26)29)24-9-11-34(33-24)23-13-17(6-7-20(23)30)40-27-21(31)14-22-18(8-10-32-22)28(27)41(2,37)38/h3-11,13-14,32H,12,15H2,1-2H3,(H,35,36). The molecule has 1 atom stereocenters. The van der Waals surface area contributed by atoms with E-state index in [0.717, 1.165) is 24.0 Å². The van der Waals surface area contributed by atoms with Crippen molar-refractivity contribution in [3.63, 3.8) is 0 Å². The Bertz CT molecular complexity index is 1970. The van der Waals surface area contributed by atoms with Crippen LogP contribution >= 0.6 is 0 Å². The first-order valence-corrected chi connectivity index (χ1v) is 14.4. The topological polar surface area (TPSA) is 124 Å². The highest BCUT2D eigenvalue weighted by molar-refractivity contribution is 7.91. The molecule has 9 nitrogen and oxygen atoms in total. The molecular weight excluding hydrogens is 556 g/mol. The lowest BCUT2D eigenvalue weighted by Gasteiger charge is -2.20. The van der Waals surface area contributed by atoms with Crippen LogP contribution in [0, 0.1) is 11.6 Å². The van der Waals surface area contributed by atoms with Crippen LogP contribution in [0.5, 0.6) is 17.2 Å². The number of carboxylic acids is 1. The molecule has 6 rings (SSSR count). The number of hydrogen-bond donors (Lipinski definition) is 2. The quantitative estimate of drug-likeness (QED) is 0.273. The molecule has 1 unspecified atom stereocenters. The van der Waals surface area contributed by atoms with Crippen molar-refractivity contribution in [3.05, 3.63) is 95.4 Å². The highest BCUT2D eigenvalue weighted by atomic mass is 32.2. The molecule has 3 aromatic carbocycles. The zero-order valence-corrected chi connectivity index (χ0v) is 22.6. The van der Waals surface area contributed by atoms with Gasteiger partial charge in [0.25, 0.3) is 0 Å². The van der Waals surface area contributed by atoms with E-state index in [1.54, 1.807) is 24.4 Å². The molecule has 2 aromatic heterocycles. The number of aliphatic carboxylic acids is 1. The van der Waals surface area contributed by atoms with Crippen molar-refractivity contribution in [2.75, 3.05) is 12.9 Å². The van der Waals surface area contributed by atoms with Gasteiger partial charge in [0, 0.05) is 52.8 Å². The molecule has 3 heterocycles. The Morgan fingerprint density at radius 2 is 1.98 bits per heavy atom. The number of rotatable bonds is 7. The van der Waals surface area contributed by atoms with Gasteiger partial charge in [-0.15, -0.1) is 0 Å². The van der Waals surface area contributed by atoms with Crippen LogP contribution < -0.4 is 9.47 Å². The molecule has 210 valence electrons. The summed E-state index contributed by atoms with van der Waals surface area (Å²) in [7, 11) is -3.91. The number of ether oxygens (including phenoxy) is 2. The third-order valence-corrected chi connectivity index (χ3v) is 8.31. The van der Waals surface area contributed by atoms with Crippen LogP contribution in [0.4, 0.5) is 8.78 Å². The molecule has 0 bridgehead atoms. The molecule has 0 amide bonds. The maximum absolute atomic E-state index is 15.1. The molecule has 0 radical (unpaired) electrons. The number of aromatic nitrogens is 3. The average molecular weight is 580 g/mol. The van der Waals surface area contributed by atoms with Crippen LogP contribution in [-0.2, 0) is 26.5 Å². The summed E-state index contributed by atoms with van der Waals surface area (Å²) in [4.78, 5) is 13.8. The van der Waals surface area contributed by atoms with Gasteiger partial charge in [-0.1, -0.05) is 18.2 Å². The number of carbonyl (C=O) groups is 1. The number of sulfone groups is 1. The van der Waals surface area contributed by atoms with E-state index in [9.17, 15) is 18.3 Å². The fraction of sp³-hybridized carbons (Fsp3) is 0.172. The number of carboxylic acid groups (broad SMARTS) is 1. The normalized spacial score (nSPS) is 16.5.